The van der Waals surface area contributed by atoms with Crippen LogP contribution in [0.1, 0.15) is 40.9 Å². The van der Waals surface area contributed by atoms with Gasteiger partial charge in [0, 0.05) is 30.8 Å². The highest BCUT2D eigenvalue weighted by Gasteiger charge is 2.35. The Balaban J connectivity index is 1.35. The van der Waals surface area contributed by atoms with Gasteiger partial charge in [0.1, 0.15) is 11.6 Å². The highest BCUT2D eigenvalue weighted by Crippen LogP contribution is 2.20. The van der Waals surface area contributed by atoms with E-state index in [0.29, 0.717) is 18.5 Å². The lowest BCUT2D eigenvalue weighted by atomic mass is 9.89. The van der Waals surface area contributed by atoms with Crippen molar-refractivity contribution >= 4 is 40.4 Å². The van der Waals surface area contributed by atoms with Crippen molar-refractivity contribution in [1.82, 2.24) is 21.3 Å². The fourth-order valence-corrected chi connectivity index (χ4v) is 5.25. The zero-order valence-electron chi connectivity index (χ0n) is 24.1. The third-order valence-electron chi connectivity index (χ3n) is 7.63. The summed E-state index contributed by atoms with van der Waals surface area (Å²) in [5.74, 6) is -3.76. The predicted octanol–water partition coefficient (Wildman–Crippen LogP) is 3.06. The van der Waals surface area contributed by atoms with Crippen LogP contribution in [0.15, 0.2) is 95.4 Å². The molecule has 1 aliphatic heterocycles. The van der Waals surface area contributed by atoms with Crippen molar-refractivity contribution in [2.45, 2.75) is 44.3 Å². The highest BCUT2D eigenvalue weighted by molar-refractivity contribution is 6.38. The van der Waals surface area contributed by atoms with Crippen LogP contribution in [0.2, 0.25) is 0 Å². The Morgan fingerprint density at radius 3 is 2.23 bits per heavy atom. The van der Waals surface area contributed by atoms with Crippen LogP contribution in [0.3, 0.4) is 0 Å². The molecule has 0 unspecified atom stereocenters. The fraction of sp³-hybridized carbons (Fsp3) is 0.265. The maximum absolute atomic E-state index is 13.8. The van der Waals surface area contributed by atoms with Crippen LogP contribution in [0.5, 0.6) is 0 Å². The summed E-state index contributed by atoms with van der Waals surface area (Å²) in [5.41, 5.74) is 2.10. The molecule has 0 aliphatic carbocycles. The number of para-hydroxylation sites is 1. The van der Waals surface area contributed by atoms with E-state index in [-0.39, 0.29) is 31.1 Å². The average molecular weight is 595 g/mol. The van der Waals surface area contributed by atoms with Gasteiger partial charge in [0.2, 0.25) is 17.6 Å². The molecule has 1 aliphatic rings. The topological polar surface area (TPSA) is 147 Å². The van der Waals surface area contributed by atoms with Crippen LogP contribution in [0, 0.1) is 5.92 Å². The van der Waals surface area contributed by atoms with Crippen molar-refractivity contribution in [3.8, 4) is 0 Å². The summed E-state index contributed by atoms with van der Waals surface area (Å²) in [6.07, 6.45) is 1.30. The first-order valence-corrected chi connectivity index (χ1v) is 14.6. The molecule has 4 aromatic rings. The molecule has 0 spiro atoms. The number of carbonyl (C=O) groups excluding carboxylic acids is 5. The Kier molecular flexibility index (Phi) is 9.81. The van der Waals surface area contributed by atoms with Crippen molar-refractivity contribution in [2.75, 3.05) is 6.54 Å². The Hall–Kier alpha value is -5.25. The second-order valence-electron chi connectivity index (χ2n) is 10.8. The van der Waals surface area contributed by atoms with Gasteiger partial charge >= 0.3 is 0 Å². The number of furan rings is 1. The average Bonchev–Trinajstić information content (AvgIpc) is 3.49. The minimum Gasteiger partial charge on any atom is -0.451 e. The monoisotopic (exact) mass is 594 g/mol. The molecule has 3 atom stereocenters. The summed E-state index contributed by atoms with van der Waals surface area (Å²) >= 11 is 0. The number of benzene rings is 3. The highest BCUT2D eigenvalue weighted by atomic mass is 16.3. The molecular weight excluding hydrogens is 560 g/mol. The van der Waals surface area contributed by atoms with E-state index in [1.165, 1.54) is 0 Å². The molecule has 1 saturated heterocycles. The maximum atomic E-state index is 13.8. The van der Waals surface area contributed by atoms with Crippen LogP contribution in [-0.4, -0.2) is 48.0 Å². The van der Waals surface area contributed by atoms with Crippen LogP contribution in [0.25, 0.3) is 11.0 Å². The number of carbonyl (C=O) groups is 5. The first kappa shape index (κ1) is 30.2. The number of rotatable bonds is 12. The van der Waals surface area contributed by atoms with E-state index < -0.39 is 41.5 Å². The predicted molar refractivity (Wildman–Crippen MR) is 163 cm³/mol. The summed E-state index contributed by atoms with van der Waals surface area (Å²) in [7, 11) is 0. The second-order valence-corrected chi connectivity index (χ2v) is 10.8. The van der Waals surface area contributed by atoms with Crippen molar-refractivity contribution in [1.29, 1.82) is 0 Å². The van der Waals surface area contributed by atoms with Crippen LogP contribution >= 0.6 is 0 Å². The summed E-state index contributed by atoms with van der Waals surface area (Å²) in [6.45, 7) is 0.658. The fourth-order valence-electron chi connectivity index (χ4n) is 5.25. The molecule has 10 nitrogen and oxygen atoms in total. The molecule has 44 heavy (non-hydrogen) atoms. The lowest BCUT2D eigenvalue weighted by molar-refractivity contribution is -0.141. The van der Waals surface area contributed by atoms with E-state index in [4.69, 9.17) is 4.42 Å². The SMILES string of the molecule is O=C(NCc1ccccc1)C(=O)[C@H](C[C@@H]1CCCNC1=O)NC(=O)[C@H](Cc1ccccc1)NC(=O)c1cc2ccccc2o1. The summed E-state index contributed by atoms with van der Waals surface area (Å²) in [5, 5.41) is 11.6. The Morgan fingerprint density at radius 2 is 1.52 bits per heavy atom. The van der Waals surface area contributed by atoms with Crippen molar-refractivity contribution in [3.63, 3.8) is 0 Å². The molecule has 226 valence electrons. The van der Waals surface area contributed by atoms with Gasteiger partial charge in [0.15, 0.2) is 5.76 Å². The van der Waals surface area contributed by atoms with Crippen LogP contribution in [-0.2, 0) is 32.1 Å². The van der Waals surface area contributed by atoms with E-state index in [1.807, 2.05) is 72.8 Å². The lowest BCUT2D eigenvalue weighted by Crippen LogP contribution is -2.55. The number of fused-ring (bicyclic) bond motifs is 1. The number of hydrogen-bond donors (Lipinski definition) is 4. The number of hydrogen-bond acceptors (Lipinski definition) is 6. The molecule has 3 aromatic carbocycles. The maximum Gasteiger partial charge on any atom is 0.289 e. The molecule has 0 bridgehead atoms. The van der Waals surface area contributed by atoms with E-state index in [0.717, 1.165) is 22.9 Å². The van der Waals surface area contributed by atoms with Gasteiger partial charge < -0.3 is 25.7 Å². The van der Waals surface area contributed by atoms with E-state index >= 15 is 0 Å². The Bertz CT molecular complexity index is 1600. The summed E-state index contributed by atoms with van der Waals surface area (Å²) < 4.78 is 5.69. The van der Waals surface area contributed by atoms with Crippen molar-refractivity contribution < 1.29 is 28.4 Å². The van der Waals surface area contributed by atoms with Gasteiger partial charge in [-0.25, -0.2) is 0 Å². The molecular formula is C34H34N4O6. The molecule has 4 amide bonds. The van der Waals surface area contributed by atoms with Gasteiger partial charge in [-0.2, -0.15) is 0 Å². The van der Waals surface area contributed by atoms with Gasteiger partial charge in [-0.15, -0.1) is 0 Å². The van der Waals surface area contributed by atoms with Gasteiger partial charge in [0.05, 0.1) is 6.04 Å². The van der Waals surface area contributed by atoms with Crippen LogP contribution in [0.4, 0.5) is 0 Å². The molecule has 4 N–H and O–H groups in total. The lowest BCUT2D eigenvalue weighted by Gasteiger charge is -2.27. The zero-order chi connectivity index (χ0) is 30.9. The van der Waals surface area contributed by atoms with E-state index in [1.54, 1.807) is 18.2 Å². The summed E-state index contributed by atoms with van der Waals surface area (Å²) in [4.78, 5) is 66.0. The molecule has 1 aromatic heterocycles. The van der Waals surface area contributed by atoms with Gasteiger partial charge in [-0.05, 0) is 42.5 Å². The zero-order valence-corrected chi connectivity index (χ0v) is 24.1. The number of piperidine rings is 1. The standard InChI is InChI=1S/C34H34N4O6/c39-30(34(43)36-21-23-12-5-2-6-13-23)26(19-25-15-9-17-35-31(25)40)37-32(41)27(18-22-10-3-1-4-11-22)38-33(42)29-20-24-14-7-8-16-28(24)44-29/h1-8,10-14,16,20,25-27H,9,15,17-19,21H2,(H,35,40)(H,36,43)(H,37,41)(H,38,42)/t25-,26-,27-/m0/s1. The van der Waals surface area contributed by atoms with Gasteiger partial charge in [0.25, 0.3) is 11.8 Å². The molecule has 2 heterocycles. The van der Waals surface area contributed by atoms with Crippen molar-refractivity contribution in [3.05, 3.63) is 108 Å². The number of ketones is 1. The quantitative estimate of drug-likeness (QED) is 0.186. The van der Waals surface area contributed by atoms with Gasteiger partial charge in [-0.1, -0.05) is 78.9 Å². The number of Topliss-reactive ketones (excluding diaryl/α,β-unsaturated/α-hetero) is 1. The normalized spacial score (nSPS) is 15.9. The third-order valence-corrected chi connectivity index (χ3v) is 7.63. The van der Waals surface area contributed by atoms with Gasteiger partial charge in [-0.3, -0.25) is 24.0 Å². The number of amides is 4. The third kappa shape index (κ3) is 7.77. The minimum absolute atomic E-state index is 0.0313. The molecule has 0 saturated carbocycles. The summed E-state index contributed by atoms with van der Waals surface area (Å²) in [6, 6.07) is 24.6. The Morgan fingerprint density at radius 1 is 0.841 bits per heavy atom. The van der Waals surface area contributed by atoms with Crippen LogP contribution < -0.4 is 21.3 Å². The molecule has 1 fully saturated rings. The smallest absolute Gasteiger partial charge is 0.289 e. The largest absolute Gasteiger partial charge is 0.451 e. The Labute approximate surface area is 254 Å². The first-order chi connectivity index (χ1) is 21.4. The molecule has 5 rings (SSSR count). The second kappa shape index (κ2) is 14.3. The number of nitrogens with one attached hydrogen (secondary N) is 4. The van der Waals surface area contributed by atoms with E-state index in [2.05, 4.69) is 21.3 Å². The van der Waals surface area contributed by atoms with E-state index in [9.17, 15) is 24.0 Å². The molecule has 10 heteroatoms. The van der Waals surface area contributed by atoms with Crippen molar-refractivity contribution in [2.24, 2.45) is 5.92 Å². The minimum atomic E-state index is -1.28. The first-order valence-electron chi connectivity index (χ1n) is 14.6. The molecule has 0 radical (unpaired) electrons.